The molecule has 0 fully saturated rings. The van der Waals surface area contributed by atoms with Crippen LogP contribution in [0.4, 0.5) is 4.39 Å². The maximum atomic E-state index is 12.9. The van der Waals surface area contributed by atoms with E-state index in [1.807, 2.05) is 0 Å². The number of hydrogen-bond acceptors (Lipinski definition) is 3. The van der Waals surface area contributed by atoms with Crippen LogP contribution in [0.3, 0.4) is 0 Å². The zero-order valence-electron chi connectivity index (χ0n) is 11.7. The average Bonchev–Trinajstić information content (AvgIpc) is 2.42. The van der Waals surface area contributed by atoms with Gasteiger partial charge in [0.25, 0.3) is 0 Å². The molecule has 110 valence electrons. The normalized spacial score (nSPS) is 10.1. The minimum atomic E-state index is -0.294. The molecule has 1 amide bonds. The summed E-state index contributed by atoms with van der Waals surface area (Å²) in [6.45, 7) is 2.58. The molecule has 0 bridgehead atoms. The monoisotopic (exact) mass is 281 g/mol. The molecule has 0 aromatic heterocycles. The Balaban J connectivity index is 2.13. The molecule has 0 unspecified atom stereocenters. The smallest absolute Gasteiger partial charge is 0.305 e. The van der Waals surface area contributed by atoms with Crippen molar-refractivity contribution in [2.45, 2.75) is 32.6 Å². The number of carbonyl (C=O) groups excluding carboxylic acids is 2. The Kier molecular flexibility index (Phi) is 7.32. The molecule has 0 radical (unpaired) electrons. The molecule has 20 heavy (non-hydrogen) atoms. The number of benzene rings is 1. The number of ether oxygens (including phenoxy) is 1. The van der Waals surface area contributed by atoms with Gasteiger partial charge in [0.2, 0.25) is 5.91 Å². The van der Waals surface area contributed by atoms with Crippen LogP contribution in [-0.4, -0.2) is 25.0 Å². The molecule has 0 saturated heterocycles. The fraction of sp³-hybridized carbons (Fsp3) is 0.467. The van der Waals surface area contributed by atoms with Crippen LogP contribution in [0.15, 0.2) is 24.3 Å². The Bertz CT molecular complexity index is 448. The van der Waals surface area contributed by atoms with Crippen LogP contribution in [0, 0.1) is 5.82 Å². The van der Waals surface area contributed by atoms with Gasteiger partial charge in [-0.15, -0.1) is 0 Å². The number of esters is 1. The first-order valence-electron chi connectivity index (χ1n) is 6.78. The van der Waals surface area contributed by atoms with Gasteiger partial charge in [0, 0.05) is 19.4 Å². The fourth-order valence-corrected chi connectivity index (χ4v) is 1.73. The Morgan fingerprint density at radius 3 is 2.80 bits per heavy atom. The molecule has 0 aliphatic carbocycles. The lowest BCUT2D eigenvalue weighted by Crippen LogP contribution is -2.25. The molecule has 1 aromatic rings. The van der Waals surface area contributed by atoms with Gasteiger partial charge in [-0.25, -0.2) is 4.39 Å². The first-order valence-corrected chi connectivity index (χ1v) is 6.78. The van der Waals surface area contributed by atoms with Gasteiger partial charge in [-0.2, -0.15) is 0 Å². The Morgan fingerprint density at radius 2 is 2.10 bits per heavy atom. The van der Waals surface area contributed by atoms with E-state index in [9.17, 15) is 14.0 Å². The number of aryl methyl sites for hydroxylation is 1. The number of nitrogens with one attached hydrogen (secondary N) is 1. The number of carbonyl (C=O) groups is 2. The summed E-state index contributed by atoms with van der Waals surface area (Å²) in [6, 6.07) is 6.21. The lowest BCUT2D eigenvalue weighted by atomic mass is 10.1. The Hall–Kier alpha value is -1.91. The quantitative estimate of drug-likeness (QED) is 0.587. The molecule has 0 aliphatic heterocycles. The van der Waals surface area contributed by atoms with Gasteiger partial charge in [-0.1, -0.05) is 12.1 Å². The van der Waals surface area contributed by atoms with Crippen LogP contribution in [0.25, 0.3) is 0 Å². The second-order valence-electron chi connectivity index (χ2n) is 4.39. The van der Waals surface area contributed by atoms with Gasteiger partial charge < -0.3 is 10.1 Å². The second-order valence-corrected chi connectivity index (χ2v) is 4.39. The van der Waals surface area contributed by atoms with E-state index in [1.165, 1.54) is 12.1 Å². The summed E-state index contributed by atoms with van der Waals surface area (Å²) in [6.07, 6.45) is 1.67. The van der Waals surface area contributed by atoms with Crippen LogP contribution in [-0.2, 0) is 20.7 Å². The maximum Gasteiger partial charge on any atom is 0.305 e. The van der Waals surface area contributed by atoms with E-state index >= 15 is 0 Å². The van der Waals surface area contributed by atoms with Crippen molar-refractivity contribution in [2.75, 3.05) is 13.2 Å². The van der Waals surface area contributed by atoms with Crippen LogP contribution in [0.5, 0.6) is 0 Å². The molecule has 1 N–H and O–H groups in total. The Labute approximate surface area is 118 Å². The predicted molar refractivity (Wildman–Crippen MR) is 73.6 cm³/mol. The van der Waals surface area contributed by atoms with Crippen LogP contribution < -0.4 is 5.32 Å². The molecule has 0 heterocycles. The average molecular weight is 281 g/mol. The van der Waals surface area contributed by atoms with Crippen LogP contribution in [0.2, 0.25) is 0 Å². The molecule has 0 atom stereocenters. The number of hydrogen-bond donors (Lipinski definition) is 1. The molecule has 0 aliphatic rings. The van der Waals surface area contributed by atoms with E-state index in [1.54, 1.807) is 19.1 Å². The minimum absolute atomic E-state index is 0.0990. The topological polar surface area (TPSA) is 55.4 Å². The van der Waals surface area contributed by atoms with Crippen molar-refractivity contribution in [3.05, 3.63) is 35.6 Å². The summed E-state index contributed by atoms with van der Waals surface area (Å²) in [4.78, 5) is 22.6. The highest BCUT2D eigenvalue weighted by Gasteiger charge is 2.04. The fourth-order valence-electron chi connectivity index (χ4n) is 1.73. The summed E-state index contributed by atoms with van der Waals surface area (Å²) < 4.78 is 17.7. The maximum absolute atomic E-state index is 12.9. The number of amides is 1. The van der Waals surface area contributed by atoms with Gasteiger partial charge in [0.1, 0.15) is 5.82 Å². The second kappa shape index (κ2) is 9.07. The number of rotatable bonds is 8. The van der Waals surface area contributed by atoms with Crippen molar-refractivity contribution in [2.24, 2.45) is 0 Å². The molecule has 0 spiro atoms. The first kappa shape index (κ1) is 16.1. The van der Waals surface area contributed by atoms with Gasteiger partial charge in [-0.05, 0) is 37.5 Å². The van der Waals surface area contributed by atoms with Gasteiger partial charge >= 0.3 is 5.97 Å². The largest absolute Gasteiger partial charge is 0.466 e. The van der Waals surface area contributed by atoms with Crippen molar-refractivity contribution >= 4 is 11.9 Å². The highest BCUT2D eigenvalue weighted by atomic mass is 19.1. The van der Waals surface area contributed by atoms with Crippen LogP contribution >= 0.6 is 0 Å². The van der Waals surface area contributed by atoms with E-state index in [-0.39, 0.29) is 17.7 Å². The van der Waals surface area contributed by atoms with Gasteiger partial charge in [0.15, 0.2) is 0 Å². The lowest BCUT2D eigenvalue weighted by Gasteiger charge is -2.05. The number of halogens is 1. The van der Waals surface area contributed by atoms with Crippen molar-refractivity contribution in [1.29, 1.82) is 0 Å². The van der Waals surface area contributed by atoms with Gasteiger partial charge in [-0.3, -0.25) is 9.59 Å². The van der Waals surface area contributed by atoms with Crippen molar-refractivity contribution in [1.82, 2.24) is 5.32 Å². The summed E-state index contributed by atoms with van der Waals surface area (Å²) in [5.74, 6) is -0.642. The summed E-state index contributed by atoms with van der Waals surface area (Å²) in [7, 11) is 0. The summed E-state index contributed by atoms with van der Waals surface area (Å²) >= 11 is 0. The molecular formula is C15H20FNO3. The lowest BCUT2D eigenvalue weighted by molar-refractivity contribution is -0.143. The van der Waals surface area contributed by atoms with E-state index in [0.717, 1.165) is 5.56 Å². The zero-order chi connectivity index (χ0) is 14.8. The van der Waals surface area contributed by atoms with Crippen molar-refractivity contribution < 1.29 is 18.7 Å². The standard InChI is InChI=1S/C15H20FNO3/c1-2-20-15(19)7-4-10-17-14(18)9-8-12-5-3-6-13(16)11-12/h3,5-6,11H,2,4,7-10H2,1H3,(H,17,18). The minimum Gasteiger partial charge on any atom is -0.466 e. The molecule has 4 nitrogen and oxygen atoms in total. The van der Waals surface area contributed by atoms with Crippen LogP contribution in [0.1, 0.15) is 31.7 Å². The van der Waals surface area contributed by atoms with E-state index in [4.69, 9.17) is 4.74 Å². The molecule has 1 aromatic carbocycles. The van der Waals surface area contributed by atoms with Crippen molar-refractivity contribution in [3.8, 4) is 0 Å². The van der Waals surface area contributed by atoms with Gasteiger partial charge in [0.05, 0.1) is 6.61 Å². The Morgan fingerprint density at radius 1 is 1.30 bits per heavy atom. The third-order valence-electron chi connectivity index (χ3n) is 2.71. The highest BCUT2D eigenvalue weighted by molar-refractivity contribution is 5.76. The molecule has 5 heteroatoms. The zero-order valence-corrected chi connectivity index (χ0v) is 11.7. The van der Waals surface area contributed by atoms with Crippen molar-refractivity contribution in [3.63, 3.8) is 0 Å². The highest BCUT2D eigenvalue weighted by Crippen LogP contribution is 2.06. The third-order valence-corrected chi connectivity index (χ3v) is 2.71. The summed E-state index contributed by atoms with van der Waals surface area (Å²) in [5, 5.41) is 2.72. The molecular weight excluding hydrogens is 261 g/mol. The first-order chi connectivity index (χ1) is 9.61. The van der Waals surface area contributed by atoms with E-state index in [0.29, 0.717) is 38.8 Å². The predicted octanol–water partition coefficient (Wildman–Crippen LogP) is 2.22. The summed E-state index contributed by atoms with van der Waals surface area (Å²) in [5.41, 5.74) is 0.798. The third kappa shape index (κ3) is 6.87. The SMILES string of the molecule is CCOC(=O)CCCNC(=O)CCc1cccc(F)c1. The molecule has 0 saturated carbocycles. The van der Waals surface area contributed by atoms with E-state index in [2.05, 4.69) is 5.32 Å². The molecule has 1 rings (SSSR count). The van der Waals surface area contributed by atoms with E-state index < -0.39 is 0 Å².